The molecular formula is C36H30N2OS. The molecule has 1 N–H and O–H groups in total. The fourth-order valence-corrected chi connectivity index (χ4v) is 6.01. The van der Waals surface area contributed by atoms with Gasteiger partial charge in [-0.1, -0.05) is 112 Å². The van der Waals surface area contributed by atoms with E-state index in [4.69, 9.17) is 9.98 Å². The van der Waals surface area contributed by atoms with Crippen LogP contribution < -0.4 is 0 Å². The molecule has 0 spiro atoms. The molecule has 1 heterocycles. The number of benzene rings is 5. The summed E-state index contributed by atoms with van der Waals surface area (Å²) in [6, 6.07) is 39.1. The zero-order valence-corrected chi connectivity index (χ0v) is 23.6. The fourth-order valence-electron chi connectivity index (χ4n) is 4.85. The molecule has 0 fully saturated rings. The largest absolute Gasteiger partial charge is 0.507 e. The molecule has 3 nitrogen and oxygen atoms in total. The highest BCUT2D eigenvalue weighted by Crippen LogP contribution is 2.43. The number of fused-ring (bicyclic) bond motifs is 1. The van der Waals surface area contributed by atoms with Gasteiger partial charge in [0.05, 0.1) is 15.9 Å². The van der Waals surface area contributed by atoms with Crippen LogP contribution in [0.4, 0.5) is 5.69 Å². The maximum absolute atomic E-state index is 10.5. The number of hydrogen-bond acceptors (Lipinski definition) is 4. The number of phenolic OH excluding ortho intramolecular Hbond substituents is 1. The van der Waals surface area contributed by atoms with E-state index in [-0.39, 0.29) is 11.2 Å². The lowest BCUT2D eigenvalue weighted by atomic mass is 9.86. The van der Waals surface area contributed by atoms with Crippen LogP contribution in [0, 0.1) is 0 Å². The molecule has 6 aromatic rings. The molecule has 6 rings (SSSR count). The Labute approximate surface area is 239 Å². The Hall–Kier alpha value is -4.54. The van der Waals surface area contributed by atoms with Gasteiger partial charge in [-0.3, -0.25) is 4.99 Å². The number of para-hydroxylation sites is 1. The minimum Gasteiger partial charge on any atom is -0.507 e. The third kappa shape index (κ3) is 5.06. The molecule has 0 aliphatic heterocycles. The second-order valence-corrected chi connectivity index (χ2v) is 11.9. The molecule has 0 aliphatic carbocycles. The van der Waals surface area contributed by atoms with Crippen LogP contribution >= 0.6 is 11.3 Å². The first-order chi connectivity index (χ1) is 19.4. The quantitative estimate of drug-likeness (QED) is 0.222. The van der Waals surface area contributed by atoms with Crippen molar-refractivity contribution in [3.8, 4) is 38.6 Å². The van der Waals surface area contributed by atoms with Gasteiger partial charge >= 0.3 is 0 Å². The maximum atomic E-state index is 10.5. The van der Waals surface area contributed by atoms with Crippen LogP contribution in [0.1, 0.15) is 31.9 Å². The van der Waals surface area contributed by atoms with E-state index in [0.29, 0.717) is 5.56 Å². The van der Waals surface area contributed by atoms with Crippen LogP contribution in [0.15, 0.2) is 120 Å². The number of aromatic nitrogens is 1. The highest BCUT2D eigenvalue weighted by atomic mass is 32.1. The maximum Gasteiger partial charge on any atom is 0.126 e. The molecule has 0 unspecified atom stereocenters. The first-order valence-corrected chi connectivity index (χ1v) is 14.2. The fraction of sp³-hybridized carbons (Fsp3) is 0.111. The molecule has 0 aliphatic rings. The van der Waals surface area contributed by atoms with E-state index in [0.717, 1.165) is 43.2 Å². The highest BCUT2D eigenvalue weighted by Gasteiger charge is 2.18. The third-order valence-electron chi connectivity index (χ3n) is 7.08. The van der Waals surface area contributed by atoms with Crippen LogP contribution in [-0.2, 0) is 5.41 Å². The summed E-state index contributed by atoms with van der Waals surface area (Å²) in [5.74, 6) is 0.217. The second-order valence-electron chi connectivity index (χ2n) is 10.9. The second kappa shape index (κ2) is 10.6. The predicted octanol–water partition coefficient (Wildman–Crippen LogP) is 10.1. The molecule has 0 radical (unpaired) electrons. The van der Waals surface area contributed by atoms with Gasteiger partial charge < -0.3 is 5.11 Å². The van der Waals surface area contributed by atoms with E-state index in [1.54, 1.807) is 23.6 Å². The van der Waals surface area contributed by atoms with Gasteiger partial charge in [-0.2, -0.15) is 0 Å². The zero-order chi connectivity index (χ0) is 27.7. The van der Waals surface area contributed by atoms with Crippen molar-refractivity contribution < 1.29 is 5.11 Å². The molecule has 0 amide bonds. The molecule has 0 saturated carbocycles. The summed E-state index contributed by atoms with van der Waals surface area (Å²) < 4.78 is 1.15. The van der Waals surface area contributed by atoms with Gasteiger partial charge in [0.1, 0.15) is 10.8 Å². The Kier molecular flexibility index (Phi) is 6.79. The van der Waals surface area contributed by atoms with Crippen LogP contribution in [-0.4, -0.2) is 16.3 Å². The Morgan fingerprint density at radius 2 is 1.32 bits per heavy atom. The summed E-state index contributed by atoms with van der Waals surface area (Å²) in [5.41, 5.74) is 9.18. The summed E-state index contributed by atoms with van der Waals surface area (Å²) >= 11 is 1.69. The smallest absolute Gasteiger partial charge is 0.126 e. The Morgan fingerprint density at radius 3 is 2.02 bits per heavy atom. The summed E-state index contributed by atoms with van der Waals surface area (Å²) in [7, 11) is 0. The van der Waals surface area contributed by atoms with Crippen molar-refractivity contribution in [3.63, 3.8) is 0 Å². The Balaban J connectivity index is 1.49. The molecule has 40 heavy (non-hydrogen) atoms. The van der Waals surface area contributed by atoms with Gasteiger partial charge in [0.15, 0.2) is 0 Å². The molecule has 0 bridgehead atoms. The Morgan fingerprint density at radius 1 is 0.700 bits per heavy atom. The van der Waals surface area contributed by atoms with Crippen molar-refractivity contribution in [2.45, 2.75) is 26.2 Å². The SMILES string of the molecule is CC(C)(C)c1ccc(O)c(C=Nc2ccccc2-c2nc3c(-c4ccccc4)ccc(-c4ccccc4)c3s2)c1. The van der Waals surface area contributed by atoms with Crippen molar-refractivity contribution in [2.24, 2.45) is 4.99 Å². The molecule has 0 saturated heterocycles. The lowest BCUT2D eigenvalue weighted by molar-refractivity contribution is 0.473. The number of nitrogens with zero attached hydrogens (tertiary/aromatic N) is 2. The summed E-state index contributed by atoms with van der Waals surface area (Å²) in [4.78, 5) is 10.1. The lowest BCUT2D eigenvalue weighted by Crippen LogP contribution is -2.11. The van der Waals surface area contributed by atoms with Gasteiger partial charge in [-0.25, -0.2) is 4.98 Å². The van der Waals surface area contributed by atoms with Gasteiger partial charge in [0.25, 0.3) is 0 Å². The minimum absolute atomic E-state index is 0.0257. The monoisotopic (exact) mass is 538 g/mol. The van der Waals surface area contributed by atoms with Crippen LogP contribution in [0.5, 0.6) is 5.75 Å². The molecule has 1 aromatic heterocycles. The van der Waals surface area contributed by atoms with Gasteiger partial charge in [0, 0.05) is 28.5 Å². The number of aromatic hydroxyl groups is 1. The van der Waals surface area contributed by atoms with Gasteiger partial charge in [-0.15, -0.1) is 11.3 Å². The van der Waals surface area contributed by atoms with Crippen LogP contribution in [0.3, 0.4) is 0 Å². The van der Waals surface area contributed by atoms with Crippen molar-refractivity contribution >= 4 is 33.5 Å². The first-order valence-electron chi connectivity index (χ1n) is 13.4. The normalized spacial score (nSPS) is 11.9. The number of phenols is 1. The number of thiazole rings is 1. The molecule has 5 aromatic carbocycles. The van der Waals surface area contributed by atoms with Gasteiger partial charge in [0.2, 0.25) is 0 Å². The first kappa shape index (κ1) is 25.7. The van der Waals surface area contributed by atoms with E-state index in [2.05, 4.69) is 87.5 Å². The number of aliphatic imine (C=N–C) groups is 1. The standard InChI is InChI=1S/C36H30N2OS/c1-36(2,3)27-18-21-32(39)26(22-27)23-37-31-17-11-10-16-30(31)35-38-33-28(24-12-6-4-7-13-24)19-20-29(34(33)40-35)25-14-8-5-9-15-25/h4-23,39H,1-3H3. The molecular weight excluding hydrogens is 508 g/mol. The van der Waals surface area contributed by atoms with E-state index in [1.165, 1.54) is 11.1 Å². The third-order valence-corrected chi connectivity index (χ3v) is 8.21. The number of rotatable bonds is 5. The predicted molar refractivity (Wildman–Crippen MR) is 170 cm³/mol. The minimum atomic E-state index is -0.0257. The zero-order valence-electron chi connectivity index (χ0n) is 22.8. The van der Waals surface area contributed by atoms with Crippen molar-refractivity contribution in [2.75, 3.05) is 0 Å². The van der Waals surface area contributed by atoms with Crippen molar-refractivity contribution in [1.82, 2.24) is 4.98 Å². The van der Waals surface area contributed by atoms with Crippen LogP contribution in [0.25, 0.3) is 43.0 Å². The van der Waals surface area contributed by atoms with Crippen molar-refractivity contribution in [3.05, 3.63) is 126 Å². The average Bonchev–Trinajstić information content (AvgIpc) is 3.42. The van der Waals surface area contributed by atoms with E-state index in [9.17, 15) is 5.11 Å². The lowest BCUT2D eigenvalue weighted by Gasteiger charge is -2.19. The molecule has 4 heteroatoms. The topological polar surface area (TPSA) is 45.5 Å². The van der Waals surface area contributed by atoms with E-state index < -0.39 is 0 Å². The van der Waals surface area contributed by atoms with E-state index in [1.807, 2.05) is 42.5 Å². The summed E-state index contributed by atoms with van der Waals surface area (Å²) in [5, 5.41) is 11.4. The summed E-state index contributed by atoms with van der Waals surface area (Å²) in [6.45, 7) is 6.49. The molecule has 196 valence electrons. The summed E-state index contributed by atoms with van der Waals surface area (Å²) in [6.07, 6.45) is 1.75. The van der Waals surface area contributed by atoms with E-state index >= 15 is 0 Å². The highest BCUT2D eigenvalue weighted by molar-refractivity contribution is 7.22. The average molecular weight is 539 g/mol. The van der Waals surface area contributed by atoms with Crippen molar-refractivity contribution in [1.29, 1.82) is 0 Å². The number of hydrogen-bond donors (Lipinski definition) is 1. The van der Waals surface area contributed by atoms with Crippen LogP contribution in [0.2, 0.25) is 0 Å². The Bertz CT molecular complexity index is 1750. The molecule has 0 atom stereocenters. The van der Waals surface area contributed by atoms with Gasteiger partial charge in [-0.05, 0) is 46.4 Å².